The molecule has 13 amide bonds. The Labute approximate surface area is 604 Å². The van der Waals surface area contributed by atoms with Gasteiger partial charge >= 0.3 is 23.9 Å². The number of amides is 13. The average molecular weight is 1500 g/mol. The molecule has 0 heterocycles. The van der Waals surface area contributed by atoms with Crippen LogP contribution in [0.3, 0.4) is 0 Å². The van der Waals surface area contributed by atoms with Crippen LogP contribution in [0.25, 0.3) is 0 Å². The fraction of sp³-hybridized carbons (Fsp3) is 0.629. The lowest BCUT2D eigenvalue weighted by Gasteiger charge is -2.28. The van der Waals surface area contributed by atoms with Gasteiger partial charge in [-0.25, -0.2) is 4.79 Å². The summed E-state index contributed by atoms with van der Waals surface area (Å²) < 4.78 is 0. The summed E-state index contributed by atoms with van der Waals surface area (Å²) in [4.78, 5) is 225. The molecule has 39 nitrogen and oxygen atoms in total. The van der Waals surface area contributed by atoms with E-state index in [0.29, 0.717) is 31.4 Å². The van der Waals surface area contributed by atoms with Gasteiger partial charge in [0.1, 0.15) is 78.3 Å². The zero-order chi connectivity index (χ0) is 78.1. The summed E-state index contributed by atoms with van der Waals surface area (Å²) in [5.41, 5.74) is 28.5. The second-order valence-corrected chi connectivity index (χ2v) is 25.1. The second-order valence-electron chi connectivity index (χ2n) is 24.4. The molecule has 0 unspecified atom stereocenters. The summed E-state index contributed by atoms with van der Waals surface area (Å²) in [7, 11) is 0. The van der Waals surface area contributed by atoms with Crippen molar-refractivity contribution in [3.8, 4) is 5.75 Å². The molecule has 12 atom stereocenters. The number of aromatic hydroxyl groups is 1. The number of benzene rings is 1. The lowest BCUT2D eigenvalue weighted by molar-refractivity contribution is -0.143. The van der Waals surface area contributed by atoms with Crippen molar-refractivity contribution in [2.45, 2.75) is 202 Å². The van der Waals surface area contributed by atoms with Gasteiger partial charge in [-0.15, -0.1) is 0 Å². The minimum Gasteiger partial charge on any atom is -0.508 e. The SMILES string of the molecule is CC(C)C[C@H](NC(=O)[C@H](CCCCN)NC(=O)CN)C(=O)N[C@@H](Cc1ccc(O)cc1)C(=O)N[C@@H](C)C(=O)N[C@@H](CCCCN)C(=O)N[C@@H](CCCCN)C(=O)N[C@@H](CCC(=O)O)C(=O)N[C@@H](CS)C(=O)N[C@@H](CC(N)=O)C(=O)N[C@@H](CCC(=O)O)C(=O)N[C@@H](CC(=O)O)C(=O)N[C@@H](CS)C(=O)O. The Hall–Kier alpha value is -9.45. The molecule has 0 bridgehead atoms. The van der Waals surface area contributed by atoms with Crippen LogP contribution in [0.2, 0.25) is 0 Å². The molecule has 0 aromatic heterocycles. The summed E-state index contributed by atoms with van der Waals surface area (Å²) in [6.45, 7) is 4.96. The topological polar surface area (TPSA) is 666 Å². The third-order valence-electron chi connectivity index (χ3n) is 15.3. The molecule has 0 fully saturated rings. The minimum atomic E-state index is -2.05. The van der Waals surface area contributed by atoms with Crippen molar-refractivity contribution >= 4 is 126 Å². The summed E-state index contributed by atoms with van der Waals surface area (Å²) in [6, 6.07) is -14.1. The standard InChI is InChI=1S/C62H101N17O22S2/c1-31(2)24-40(74-52(90)35(10-4-7-21-63)69-47(82)28-66)58(96)75-41(25-33-13-15-34(80)16-14-33)57(95)68-32(3)51(89)70-36(11-5-8-22-64)53(91)71-37(12-6-9-23-65)54(92)72-39(18-20-49(85)86)56(94)78-44(29-102)61(99)76-42(26-46(67)81)59(97)73-38(17-19-48(83)84)55(93)77-43(27-50(87)88)60(98)79-45(30-103)62(100)101/h13-16,31-32,35-45,80,102-103H,4-12,17-30,63-66H2,1-3H3,(H2,67,81)(H,68,95)(H,69,82)(H,70,89)(H,71,91)(H,72,92)(H,73,97)(H,74,90)(H,75,96)(H,76,99)(H,77,93)(H,78,94)(H,79,98)(H,83,84)(H,85,86)(H,87,88)(H,100,101)/t32-,35-,36-,37-,38-,39-,40-,41-,42-,43-,44-,45-/m0/s1. The van der Waals surface area contributed by atoms with E-state index >= 15 is 0 Å². The summed E-state index contributed by atoms with van der Waals surface area (Å²) in [5.74, 6) is -21.7. The van der Waals surface area contributed by atoms with E-state index < -0.39 is 230 Å². The van der Waals surface area contributed by atoms with Gasteiger partial charge in [0.15, 0.2) is 0 Å². The van der Waals surface area contributed by atoms with Crippen molar-refractivity contribution < 1.29 is 107 Å². The van der Waals surface area contributed by atoms with E-state index in [-0.39, 0.29) is 76.1 Å². The second kappa shape index (κ2) is 49.2. The van der Waals surface area contributed by atoms with Crippen LogP contribution in [-0.2, 0) is 87.9 Å². The Bertz CT molecular complexity index is 3060. The number of carboxylic acid groups (broad SMARTS) is 4. The Morgan fingerprint density at radius 3 is 1.09 bits per heavy atom. The van der Waals surface area contributed by atoms with Crippen LogP contribution < -0.4 is 92.5 Å². The maximum absolute atomic E-state index is 14.4. The molecule has 0 aliphatic rings. The van der Waals surface area contributed by atoms with Gasteiger partial charge in [0.05, 0.1) is 19.4 Å². The van der Waals surface area contributed by atoms with E-state index in [1.807, 2.05) is 10.6 Å². The molecule has 0 saturated heterocycles. The minimum absolute atomic E-state index is 0.0611. The van der Waals surface area contributed by atoms with E-state index in [1.165, 1.54) is 31.2 Å². The van der Waals surface area contributed by atoms with Crippen LogP contribution in [0.15, 0.2) is 24.3 Å². The molecule has 0 aliphatic carbocycles. The average Bonchev–Trinajstić information content (AvgIpc) is 0.860. The first-order valence-corrected chi connectivity index (χ1v) is 34.4. The molecule has 1 aromatic rings. The van der Waals surface area contributed by atoms with Crippen molar-refractivity contribution in [2.75, 3.05) is 37.7 Å². The van der Waals surface area contributed by atoms with Crippen molar-refractivity contribution in [2.24, 2.45) is 34.6 Å². The van der Waals surface area contributed by atoms with E-state index in [0.717, 1.165) is 0 Å². The highest BCUT2D eigenvalue weighted by molar-refractivity contribution is 7.80. The number of primary amides is 1. The van der Waals surface area contributed by atoms with Crippen LogP contribution >= 0.6 is 25.3 Å². The van der Waals surface area contributed by atoms with Gasteiger partial charge in [-0.3, -0.25) is 76.7 Å². The number of nitrogens with two attached hydrogens (primary N) is 5. The van der Waals surface area contributed by atoms with Crippen molar-refractivity contribution in [1.82, 2.24) is 63.8 Å². The Balaban J connectivity index is 3.62. The summed E-state index contributed by atoms with van der Waals surface area (Å²) >= 11 is 7.92. The number of carboxylic acids is 4. The molecule has 0 radical (unpaired) electrons. The smallest absolute Gasteiger partial charge is 0.327 e. The van der Waals surface area contributed by atoms with Crippen LogP contribution in [0.5, 0.6) is 5.75 Å². The summed E-state index contributed by atoms with van der Waals surface area (Å²) in [5, 5.41) is 76.3. The van der Waals surface area contributed by atoms with Crippen LogP contribution in [0.1, 0.15) is 129 Å². The van der Waals surface area contributed by atoms with Gasteiger partial charge in [0.25, 0.3) is 0 Å². The molecular weight excluding hydrogens is 1400 g/mol. The van der Waals surface area contributed by atoms with Gasteiger partial charge in [-0.1, -0.05) is 26.0 Å². The maximum Gasteiger partial charge on any atom is 0.327 e. The molecule has 103 heavy (non-hydrogen) atoms. The van der Waals surface area contributed by atoms with Crippen molar-refractivity contribution in [3.05, 3.63) is 29.8 Å². The van der Waals surface area contributed by atoms with Gasteiger partial charge in [0, 0.05) is 30.8 Å². The lowest BCUT2D eigenvalue weighted by atomic mass is 10.00. The molecule has 0 aliphatic heterocycles. The van der Waals surface area contributed by atoms with E-state index in [2.05, 4.69) is 78.4 Å². The predicted octanol–water partition coefficient (Wildman–Crippen LogP) is -6.81. The number of carbonyl (C=O) groups is 17. The molecule has 0 spiro atoms. The number of hydrogen-bond donors (Lipinski definition) is 24. The normalized spacial score (nSPS) is 14.5. The zero-order valence-corrected chi connectivity index (χ0v) is 59.3. The number of unbranched alkanes of at least 4 members (excludes halogenated alkanes) is 3. The number of hydrogen-bond acceptors (Lipinski definition) is 24. The van der Waals surface area contributed by atoms with Crippen molar-refractivity contribution in [3.63, 3.8) is 0 Å². The first-order valence-electron chi connectivity index (χ1n) is 33.1. The highest BCUT2D eigenvalue weighted by Gasteiger charge is 2.38. The van der Waals surface area contributed by atoms with Crippen molar-refractivity contribution in [1.29, 1.82) is 0 Å². The number of rotatable bonds is 53. The molecule has 0 saturated carbocycles. The lowest BCUT2D eigenvalue weighted by Crippen LogP contribution is -2.61. The van der Waals surface area contributed by atoms with Gasteiger partial charge in [-0.2, -0.15) is 25.3 Å². The number of nitrogens with one attached hydrogen (secondary N) is 12. The monoisotopic (exact) mass is 1500 g/mol. The number of carbonyl (C=O) groups excluding carboxylic acids is 13. The van der Waals surface area contributed by atoms with Gasteiger partial charge in [0.2, 0.25) is 76.8 Å². The van der Waals surface area contributed by atoms with Crippen LogP contribution in [-0.4, -0.2) is 236 Å². The number of phenolic OH excluding ortho intramolecular Hbond substituents is 1. The van der Waals surface area contributed by atoms with Gasteiger partial charge in [-0.05, 0) is 127 Å². The Morgan fingerprint density at radius 2 is 0.709 bits per heavy atom. The predicted molar refractivity (Wildman–Crippen MR) is 373 cm³/mol. The first kappa shape index (κ1) is 91.6. The third-order valence-corrected chi connectivity index (χ3v) is 16.0. The van der Waals surface area contributed by atoms with E-state index in [4.69, 9.17) is 28.7 Å². The quantitative estimate of drug-likeness (QED) is 0.0213. The highest BCUT2D eigenvalue weighted by atomic mass is 32.1. The number of aliphatic carboxylic acids is 4. The van der Waals surface area contributed by atoms with Crippen LogP contribution in [0, 0.1) is 5.92 Å². The molecule has 1 aromatic carbocycles. The largest absolute Gasteiger partial charge is 0.508 e. The van der Waals surface area contributed by atoms with Crippen LogP contribution in [0.4, 0.5) is 0 Å². The first-order chi connectivity index (χ1) is 48.5. The Kier molecular flexibility index (Phi) is 43.7. The third kappa shape index (κ3) is 36.8. The maximum atomic E-state index is 14.4. The highest BCUT2D eigenvalue weighted by Crippen LogP contribution is 2.15. The molecule has 1 rings (SSSR count). The zero-order valence-electron chi connectivity index (χ0n) is 57.5. The van der Waals surface area contributed by atoms with E-state index in [9.17, 15) is 107 Å². The number of phenols is 1. The Morgan fingerprint density at radius 1 is 0.379 bits per heavy atom. The van der Waals surface area contributed by atoms with E-state index in [1.54, 1.807) is 13.8 Å². The summed E-state index contributed by atoms with van der Waals surface area (Å²) in [6.07, 6.45) is -3.64. The molecule has 578 valence electrons. The fourth-order valence-corrected chi connectivity index (χ4v) is 10.2. The molecule has 41 heteroatoms. The number of thiol groups is 2. The molecule has 27 N–H and O–H groups in total. The molecular formula is C62H101N17O22S2. The van der Waals surface area contributed by atoms with Gasteiger partial charge < -0.3 is 118 Å². The fourth-order valence-electron chi connectivity index (χ4n) is 9.69.